The molecule has 20 heavy (non-hydrogen) atoms. The molecule has 2 aliphatic heterocycles. The molecule has 2 heterocycles. The number of carbonyl (C=O) groups excluding carboxylic acids is 2. The fraction of sp³-hybridized carbons (Fsp3) is 0.857. The number of carbonyl (C=O) groups is 2. The fourth-order valence-electron chi connectivity index (χ4n) is 2.90. The van der Waals surface area contributed by atoms with Gasteiger partial charge in [0.05, 0.1) is 5.60 Å². The van der Waals surface area contributed by atoms with Crippen LogP contribution in [0.4, 0.5) is 4.79 Å². The van der Waals surface area contributed by atoms with E-state index in [9.17, 15) is 14.7 Å². The van der Waals surface area contributed by atoms with Crippen LogP contribution in [-0.4, -0.2) is 63.7 Å². The number of aliphatic hydroxyl groups is 1. The molecule has 6 heteroatoms. The third kappa shape index (κ3) is 2.81. The van der Waals surface area contributed by atoms with Crippen LogP contribution < -0.4 is 5.32 Å². The highest BCUT2D eigenvalue weighted by atomic mass is 16.3. The Morgan fingerprint density at radius 3 is 2.55 bits per heavy atom. The van der Waals surface area contributed by atoms with Crippen molar-refractivity contribution in [3.63, 3.8) is 0 Å². The number of hydrogen-bond donors (Lipinski definition) is 2. The topological polar surface area (TPSA) is 72.9 Å². The monoisotopic (exact) mass is 283 g/mol. The first-order valence-corrected chi connectivity index (χ1v) is 7.25. The Labute approximate surface area is 120 Å². The Hall–Kier alpha value is -1.14. The third-order valence-electron chi connectivity index (χ3n) is 4.10. The maximum atomic E-state index is 12.5. The maximum absolute atomic E-state index is 12.5. The summed E-state index contributed by atoms with van der Waals surface area (Å²) in [6.45, 7) is 9.29. The van der Waals surface area contributed by atoms with Crippen molar-refractivity contribution in [2.75, 3.05) is 19.6 Å². The minimum atomic E-state index is -0.749. The number of urea groups is 1. The molecule has 2 fully saturated rings. The Kier molecular flexibility index (Phi) is 3.81. The normalized spacial score (nSPS) is 28.0. The molecular formula is C14H25N3O3. The maximum Gasteiger partial charge on any atom is 0.325 e. The van der Waals surface area contributed by atoms with Gasteiger partial charge in [-0.15, -0.1) is 0 Å². The van der Waals surface area contributed by atoms with E-state index in [1.54, 1.807) is 13.8 Å². The Bertz CT molecular complexity index is 416. The number of rotatable bonds is 4. The van der Waals surface area contributed by atoms with Crippen LogP contribution in [0.1, 0.15) is 40.5 Å². The van der Waals surface area contributed by atoms with Crippen LogP contribution in [0.3, 0.4) is 0 Å². The van der Waals surface area contributed by atoms with Gasteiger partial charge in [-0.2, -0.15) is 0 Å². The van der Waals surface area contributed by atoms with Crippen LogP contribution >= 0.6 is 0 Å². The van der Waals surface area contributed by atoms with Crippen molar-refractivity contribution in [3.8, 4) is 0 Å². The Morgan fingerprint density at radius 2 is 2.05 bits per heavy atom. The Morgan fingerprint density at radius 1 is 1.40 bits per heavy atom. The molecule has 0 aromatic carbocycles. The van der Waals surface area contributed by atoms with Crippen molar-refractivity contribution in [2.45, 2.75) is 57.7 Å². The lowest BCUT2D eigenvalue weighted by Gasteiger charge is -2.25. The largest absolute Gasteiger partial charge is 0.390 e. The number of hydrogen-bond acceptors (Lipinski definition) is 4. The zero-order valence-electron chi connectivity index (χ0n) is 12.8. The summed E-state index contributed by atoms with van der Waals surface area (Å²) in [7, 11) is 0. The summed E-state index contributed by atoms with van der Waals surface area (Å²) in [6.07, 6.45) is 1.30. The molecule has 2 rings (SSSR count). The molecule has 0 saturated carbocycles. The van der Waals surface area contributed by atoms with Crippen LogP contribution in [0.15, 0.2) is 0 Å². The van der Waals surface area contributed by atoms with Crippen LogP contribution in [0, 0.1) is 0 Å². The summed E-state index contributed by atoms with van der Waals surface area (Å²) in [5.74, 6) is -0.108. The van der Waals surface area contributed by atoms with Crippen molar-refractivity contribution < 1.29 is 14.7 Å². The van der Waals surface area contributed by atoms with Crippen molar-refractivity contribution >= 4 is 11.9 Å². The highest BCUT2D eigenvalue weighted by molar-refractivity contribution is 6.07. The lowest BCUT2D eigenvalue weighted by atomic mass is 9.98. The van der Waals surface area contributed by atoms with Crippen molar-refractivity contribution in [2.24, 2.45) is 0 Å². The lowest BCUT2D eigenvalue weighted by molar-refractivity contribution is -0.132. The summed E-state index contributed by atoms with van der Waals surface area (Å²) in [5, 5.41) is 12.6. The van der Waals surface area contributed by atoms with E-state index in [4.69, 9.17) is 0 Å². The zero-order chi connectivity index (χ0) is 15.1. The van der Waals surface area contributed by atoms with Crippen molar-refractivity contribution in [1.29, 1.82) is 0 Å². The summed E-state index contributed by atoms with van der Waals surface area (Å²) >= 11 is 0. The van der Waals surface area contributed by atoms with Crippen LogP contribution in [-0.2, 0) is 4.79 Å². The summed E-state index contributed by atoms with van der Waals surface area (Å²) < 4.78 is 0. The minimum absolute atomic E-state index is 0.108. The number of nitrogens with zero attached hydrogens (tertiary/aromatic N) is 2. The highest BCUT2D eigenvalue weighted by Gasteiger charge is 2.55. The Balaban J connectivity index is 2.01. The summed E-state index contributed by atoms with van der Waals surface area (Å²) in [6, 6.07) is -0.401. The van der Waals surface area contributed by atoms with E-state index in [1.165, 1.54) is 4.90 Å². The first-order chi connectivity index (χ1) is 9.15. The molecule has 0 aliphatic carbocycles. The van der Waals surface area contributed by atoms with E-state index in [-0.39, 0.29) is 18.0 Å². The first kappa shape index (κ1) is 15.3. The quantitative estimate of drug-likeness (QED) is 0.739. The van der Waals surface area contributed by atoms with E-state index in [0.29, 0.717) is 19.4 Å². The average Bonchev–Trinajstić information content (AvgIpc) is 2.79. The molecule has 2 saturated heterocycles. The predicted octanol–water partition coefficient (Wildman–Crippen LogP) is 0.552. The molecule has 0 aromatic rings. The van der Waals surface area contributed by atoms with Gasteiger partial charge in [0.15, 0.2) is 0 Å². The second-order valence-electron chi connectivity index (χ2n) is 6.87. The standard InChI is InChI=1S/C14H25N3O3/c1-10(2)17-11(18)14(15-12(17)19)6-8-16(9-14)7-5-13(3,4)20/h10,20H,5-9H2,1-4H3,(H,15,19). The van der Waals surface area contributed by atoms with Gasteiger partial charge in [-0.1, -0.05) is 0 Å². The molecule has 2 aliphatic rings. The van der Waals surface area contributed by atoms with Crippen molar-refractivity contribution in [1.82, 2.24) is 15.1 Å². The SMILES string of the molecule is CC(C)N1C(=O)NC2(CCN(CCC(C)(C)O)C2)C1=O. The number of nitrogens with one attached hydrogen (secondary N) is 1. The molecule has 0 radical (unpaired) electrons. The highest BCUT2D eigenvalue weighted by Crippen LogP contribution is 2.30. The summed E-state index contributed by atoms with van der Waals surface area (Å²) in [4.78, 5) is 27.9. The predicted molar refractivity (Wildman–Crippen MR) is 75.2 cm³/mol. The number of imide groups is 1. The van der Waals surface area contributed by atoms with Gasteiger partial charge in [0.2, 0.25) is 0 Å². The lowest BCUT2D eigenvalue weighted by Crippen LogP contribution is -2.49. The van der Waals surface area contributed by atoms with Gasteiger partial charge in [-0.05, 0) is 40.5 Å². The van der Waals surface area contributed by atoms with E-state index in [0.717, 1.165) is 13.1 Å². The van der Waals surface area contributed by atoms with Gasteiger partial charge in [0, 0.05) is 25.7 Å². The number of likely N-dealkylation sites (tertiary alicyclic amines) is 1. The van der Waals surface area contributed by atoms with Gasteiger partial charge in [0.1, 0.15) is 5.54 Å². The average molecular weight is 283 g/mol. The van der Waals surface area contributed by atoms with Gasteiger partial charge in [-0.25, -0.2) is 4.79 Å². The van der Waals surface area contributed by atoms with E-state index in [2.05, 4.69) is 10.2 Å². The third-order valence-corrected chi connectivity index (χ3v) is 4.10. The first-order valence-electron chi connectivity index (χ1n) is 7.25. The van der Waals surface area contributed by atoms with Crippen LogP contribution in [0.2, 0.25) is 0 Å². The second kappa shape index (κ2) is 5.00. The van der Waals surface area contributed by atoms with Crippen LogP contribution in [0.25, 0.3) is 0 Å². The molecule has 0 bridgehead atoms. The molecule has 1 spiro atoms. The van der Waals surface area contributed by atoms with Gasteiger partial charge < -0.3 is 15.3 Å². The molecule has 0 aromatic heterocycles. The van der Waals surface area contributed by atoms with Gasteiger partial charge in [0.25, 0.3) is 5.91 Å². The molecule has 6 nitrogen and oxygen atoms in total. The smallest absolute Gasteiger partial charge is 0.325 e. The molecule has 1 atom stereocenters. The van der Waals surface area contributed by atoms with E-state index < -0.39 is 11.1 Å². The summed E-state index contributed by atoms with van der Waals surface area (Å²) in [5.41, 5.74) is -1.45. The van der Waals surface area contributed by atoms with Gasteiger partial charge in [-0.3, -0.25) is 9.69 Å². The van der Waals surface area contributed by atoms with E-state index >= 15 is 0 Å². The van der Waals surface area contributed by atoms with Crippen LogP contribution in [0.5, 0.6) is 0 Å². The van der Waals surface area contributed by atoms with Crippen molar-refractivity contribution in [3.05, 3.63) is 0 Å². The molecule has 114 valence electrons. The molecular weight excluding hydrogens is 258 g/mol. The minimum Gasteiger partial charge on any atom is -0.390 e. The zero-order valence-corrected chi connectivity index (χ0v) is 12.8. The molecule has 3 amide bonds. The second-order valence-corrected chi connectivity index (χ2v) is 6.87. The molecule has 2 N–H and O–H groups in total. The number of amides is 3. The fourth-order valence-corrected chi connectivity index (χ4v) is 2.90. The van der Waals surface area contributed by atoms with E-state index in [1.807, 2.05) is 13.8 Å². The van der Waals surface area contributed by atoms with Gasteiger partial charge >= 0.3 is 6.03 Å². The molecule has 1 unspecified atom stereocenters.